The fourth-order valence-electron chi connectivity index (χ4n) is 2.91. The number of para-hydroxylation sites is 3. The molecule has 7 nitrogen and oxygen atoms in total. The monoisotopic (exact) mass is 465 g/mol. The number of ether oxygens (including phenoxy) is 2. The van der Waals surface area contributed by atoms with Crippen LogP contribution < -0.4 is 20.2 Å². The van der Waals surface area contributed by atoms with E-state index in [0.717, 1.165) is 5.56 Å². The molecule has 3 aromatic carbocycles. The molecule has 0 bridgehead atoms. The lowest BCUT2D eigenvalue weighted by molar-refractivity contribution is -0.124. The topological polar surface area (TPSA) is 89.0 Å². The minimum atomic E-state index is -0.379. The van der Waals surface area contributed by atoms with Crippen LogP contribution in [0.5, 0.6) is 11.5 Å². The molecule has 0 saturated carbocycles. The Labute approximate surface area is 197 Å². The molecule has 0 aliphatic rings. The van der Waals surface area contributed by atoms with E-state index in [0.29, 0.717) is 34.4 Å². The minimum absolute atomic E-state index is 0.0108. The second-order valence-corrected chi connectivity index (χ2v) is 7.37. The first kappa shape index (κ1) is 23.8. The van der Waals surface area contributed by atoms with Gasteiger partial charge in [-0.05, 0) is 30.3 Å². The van der Waals surface area contributed by atoms with Crippen molar-refractivity contribution in [1.82, 2.24) is 5.43 Å². The summed E-state index contributed by atoms with van der Waals surface area (Å²) in [6, 6.07) is 21.8. The molecule has 0 heterocycles. The molecule has 0 unspecified atom stereocenters. The first-order valence-corrected chi connectivity index (χ1v) is 10.6. The van der Waals surface area contributed by atoms with Gasteiger partial charge in [-0.3, -0.25) is 9.59 Å². The summed E-state index contributed by atoms with van der Waals surface area (Å²) in [6.45, 7) is 0.304. The molecule has 0 aromatic heterocycles. The van der Waals surface area contributed by atoms with E-state index in [1.807, 2.05) is 42.5 Å². The maximum atomic E-state index is 12.1. The van der Waals surface area contributed by atoms with Crippen LogP contribution in [-0.4, -0.2) is 25.1 Å². The molecule has 170 valence electrons. The summed E-state index contributed by atoms with van der Waals surface area (Å²) in [5.41, 5.74) is 4.54. The Morgan fingerprint density at radius 2 is 1.58 bits per heavy atom. The number of methoxy groups -OCH3 is 1. The van der Waals surface area contributed by atoms with Crippen molar-refractivity contribution >= 4 is 35.3 Å². The third kappa shape index (κ3) is 7.36. The number of anilines is 1. The zero-order valence-corrected chi connectivity index (χ0v) is 18.8. The molecule has 3 rings (SSSR count). The van der Waals surface area contributed by atoms with Gasteiger partial charge in [0.25, 0.3) is 0 Å². The number of carbonyl (C=O) groups is 2. The number of benzene rings is 3. The Hall–Kier alpha value is -3.84. The van der Waals surface area contributed by atoms with Gasteiger partial charge in [0.1, 0.15) is 18.1 Å². The standard InChI is InChI=1S/C25H24ClN3O4/c1-32-23-13-7-5-11-21(23)28-24(30)14-15-25(31)29-27-16-18-8-3-6-12-22(18)33-17-19-9-2-4-10-20(19)26/h2-13,16H,14-15,17H2,1H3,(H,28,30)(H,29,31). The third-order valence-electron chi connectivity index (χ3n) is 4.61. The molecule has 0 fully saturated rings. The van der Waals surface area contributed by atoms with Gasteiger partial charge in [-0.1, -0.05) is 54.1 Å². The Morgan fingerprint density at radius 3 is 2.36 bits per heavy atom. The summed E-state index contributed by atoms with van der Waals surface area (Å²) >= 11 is 6.17. The molecule has 0 saturated heterocycles. The normalized spacial score (nSPS) is 10.6. The zero-order valence-electron chi connectivity index (χ0n) is 18.1. The van der Waals surface area contributed by atoms with Gasteiger partial charge in [0, 0.05) is 29.0 Å². The quantitative estimate of drug-likeness (QED) is 0.332. The van der Waals surface area contributed by atoms with Crippen LogP contribution in [0, 0.1) is 0 Å². The Kier molecular flexibility index (Phi) is 8.85. The maximum absolute atomic E-state index is 12.1. The molecule has 0 atom stereocenters. The van der Waals surface area contributed by atoms with Gasteiger partial charge >= 0.3 is 0 Å². The Balaban J connectivity index is 1.48. The predicted molar refractivity (Wildman–Crippen MR) is 129 cm³/mol. The lowest BCUT2D eigenvalue weighted by Crippen LogP contribution is -2.20. The summed E-state index contributed by atoms with van der Waals surface area (Å²) < 4.78 is 11.1. The third-order valence-corrected chi connectivity index (χ3v) is 4.98. The van der Waals surface area contributed by atoms with Gasteiger partial charge in [0.2, 0.25) is 11.8 Å². The lowest BCUT2D eigenvalue weighted by Gasteiger charge is -2.10. The smallest absolute Gasteiger partial charge is 0.240 e. The van der Waals surface area contributed by atoms with Crippen molar-refractivity contribution in [3.63, 3.8) is 0 Å². The first-order chi connectivity index (χ1) is 16.1. The van der Waals surface area contributed by atoms with Crippen LogP contribution in [0.1, 0.15) is 24.0 Å². The van der Waals surface area contributed by atoms with E-state index in [9.17, 15) is 9.59 Å². The van der Waals surface area contributed by atoms with Crippen molar-refractivity contribution in [2.45, 2.75) is 19.4 Å². The van der Waals surface area contributed by atoms with Crippen LogP contribution in [0.2, 0.25) is 5.02 Å². The van der Waals surface area contributed by atoms with Crippen molar-refractivity contribution in [3.05, 3.63) is 88.9 Å². The van der Waals surface area contributed by atoms with Gasteiger partial charge < -0.3 is 14.8 Å². The highest BCUT2D eigenvalue weighted by atomic mass is 35.5. The summed E-state index contributed by atoms with van der Waals surface area (Å²) in [5.74, 6) is 0.481. The highest BCUT2D eigenvalue weighted by Gasteiger charge is 2.09. The Bertz CT molecular complexity index is 1130. The van der Waals surface area contributed by atoms with Crippen molar-refractivity contribution in [2.75, 3.05) is 12.4 Å². The molecule has 33 heavy (non-hydrogen) atoms. The van der Waals surface area contributed by atoms with E-state index in [4.69, 9.17) is 21.1 Å². The zero-order chi connectivity index (χ0) is 23.5. The van der Waals surface area contributed by atoms with Gasteiger partial charge in [0.15, 0.2) is 0 Å². The van der Waals surface area contributed by atoms with Gasteiger partial charge in [-0.2, -0.15) is 5.10 Å². The van der Waals surface area contributed by atoms with Gasteiger partial charge in [0.05, 0.1) is 19.0 Å². The average molecular weight is 466 g/mol. The second kappa shape index (κ2) is 12.3. The maximum Gasteiger partial charge on any atom is 0.240 e. The molecule has 2 N–H and O–H groups in total. The highest BCUT2D eigenvalue weighted by Crippen LogP contribution is 2.23. The second-order valence-electron chi connectivity index (χ2n) is 6.96. The summed E-state index contributed by atoms with van der Waals surface area (Å²) in [5, 5.41) is 7.34. The van der Waals surface area contributed by atoms with E-state index in [2.05, 4.69) is 15.8 Å². The van der Waals surface area contributed by atoms with Gasteiger partial charge in [-0.25, -0.2) is 5.43 Å². The SMILES string of the molecule is COc1ccccc1NC(=O)CCC(=O)NN=Cc1ccccc1OCc1ccccc1Cl. The lowest BCUT2D eigenvalue weighted by atomic mass is 10.2. The van der Waals surface area contributed by atoms with Crippen LogP contribution in [0.15, 0.2) is 77.9 Å². The summed E-state index contributed by atoms with van der Waals surface area (Å²) in [6.07, 6.45) is 1.49. The number of halogens is 1. The number of nitrogens with zero attached hydrogens (tertiary/aromatic N) is 1. The highest BCUT2D eigenvalue weighted by molar-refractivity contribution is 6.31. The number of carbonyl (C=O) groups excluding carboxylic acids is 2. The van der Waals surface area contributed by atoms with Crippen molar-refractivity contribution in [2.24, 2.45) is 5.10 Å². The average Bonchev–Trinajstić information content (AvgIpc) is 2.83. The molecule has 0 aliphatic heterocycles. The van der Waals surface area contributed by atoms with Crippen LogP contribution >= 0.6 is 11.6 Å². The predicted octanol–water partition coefficient (Wildman–Crippen LogP) is 4.80. The van der Waals surface area contributed by atoms with E-state index >= 15 is 0 Å². The van der Waals surface area contributed by atoms with Crippen LogP contribution in [0.3, 0.4) is 0 Å². The van der Waals surface area contributed by atoms with Crippen molar-refractivity contribution in [1.29, 1.82) is 0 Å². The molecular weight excluding hydrogens is 442 g/mol. The number of rotatable bonds is 10. The Morgan fingerprint density at radius 1 is 0.909 bits per heavy atom. The van der Waals surface area contributed by atoms with Crippen molar-refractivity contribution in [3.8, 4) is 11.5 Å². The van der Waals surface area contributed by atoms with Crippen molar-refractivity contribution < 1.29 is 19.1 Å². The number of nitrogens with one attached hydrogen (secondary N) is 2. The fraction of sp³-hybridized carbons (Fsp3) is 0.160. The minimum Gasteiger partial charge on any atom is -0.495 e. The fourth-order valence-corrected chi connectivity index (χ4v) is 3.10. The summed E-state index contributed by atoms with van der Waals surface area (Å²) in [4.78, 5) is 24.2. The van der Waals surface area contributed by atoms with E-state index in [1.165, 1.54) is 13.3 Å². The van der Waals surface area contributed by atoms with E-state index in [-0.39, 0.29) is 24.7 Å². The molecule has 0 radical (unpaired) electrons. The van der Waals surface area contributed by atoms with E-state index in [1.54, 1.807) is 30.3 Å². The first-order valence-electron chi connectivity index (χ1n) is 10.3. The van der Waals surface area contributed by atoms with E-state index < -0.39 is 0 Å². The van der Waals surface area contributed by atoms with Crippen LogP contribution in [-0.2, 0) is 16.2 Å². The molecular formula is C25H24ClN3O4. The summed E-state index contributed by atoms with van der Waals surface area (Å²) in [7, 11) is 1.52. The number of hydrogen-bond acceptors (Lipinski definition) is 5. The van der Waals surface area contributed by atoms with Gasteiger partial charge in [-0.15, -0.1) is 0 Å². The van der Waals surface area contributed by atoms with Crippen LogP contribution in [0.4, 0.5) is 5.69 Å². The molecule has 0 spiro atoms. The van der Waals surface area contributed by atoms with Crippen LogP contribution in [0.25, 0.3) is 0 Å². The number of hydrogen-bond donors (Lipinski definition) is 2. The number of amides is 2. The molecule has 3 aromatic rings. The molecule has 2 amide bonds. The number of hydrazone groups is 1. The molecule has 8 heteroatoms. The molecule has 0 aliphatic carbocycles. The largest absolute Gasteiger partial charge is 0.495 e.